The van der Waals surface area contributed by atoms with E-state index >= 15 is 0 Å². The van der Waals surface area contributed by atoms with Crippen LogP contribution >= 0.6 is 0 Å². The van der Waals surface area contributed by atoms with Crippen molar-refractivity contribution >= 4 is 5.91 Å². The molecule has 1 aromatic rings. The van der Waals surface area contributed by atoms with Crippen LogP contribution in [0.25, 0.3) is 0 Å². The molecule has 6 heteroatoms. The predicted molar refractivity (Wildman–Crippen MR) is 76.5 cm³/mol. The third-order valence-corrected chi connectivity index (χ3v) is 4.57. The number of piperidine rings is 1. The number of carbonyl (C=O) groups excluding carboxylic acids is 1. The average Bonchev–Trinajstić information content (AvgIpc) is 3.13. The van der Waals surface area contributed by atoms with Crippen molar-refractivity contribution in [1.29, 1.82) is 0 Å². The van der Waals surface area contributed by atoms with Crippen LogP contribution in [0.15, 0.2) is 18.7 Å². The maximum Gasteiger partial charge on any atom is 0.222 e. The van der Waals surface area contributed by atoms with Gasteiger partial charge in [-0.25, -0.2) is 4.98 Å². The fraction of sp³-hybridized carbons (Fsp3) is 0.733. The molecule has 0 aliphatic carbocycles. The molecule has 0 unspecified atom stereocenters. The zero-order valence-corrected chi connectivity index (χ0v) is 12.3. The first-order valence-corrected chi connectivity index (χ1v) is 7.68. The summed E-state index contributed by atoms with van der Waals surface area (Å²) in [6.45, 7) is 3.31. The zero-order valence-electron chi connectivity index (χ0n) is 12.3. The normalized spacial score (nSPS) is 25.2. The van der Waals surface area contributed by atoms with Crippen molar-refractivity contribution < 1.29 is 14.6 Å². The molecule has 21 heavy (non-hydrogen) atoms. The topological polar surface area (TPSA) is 67.6 Å². The van der Waals surface area contributed by atoms with Gasteiger partial charge in [0, 0.05) is 45.1 Å². The maximum absolute atomic E-state index is 12.3. The summed E-state index contributed by atoms with van der Waals surface area (Å²) in [5.74, 6) is 0.583. The molecule has 0 bridgehead atoms. The van der Waals surface area contributed by atoms with Gasteiger partial charge < -0.3 is 19.3 Å². The third-order valence-electron chi connectivity index (χ3n) is 4.57. The Morgan fingerprint density at radius 3 is 2.86 bits per heavy atom. The minimum atomic E-state index is -0.728. The number of aliphatic hydroxyl groups is 1. The second-order valence-electron chi connectivity index (χ2n) is 6.27. The maximum atomic E-state index is 12.3. The second-order valence-corrected chi connectivity index (χ2v) is 6.27. The van der Waals surface area contributed by atoms with Gasteiger partial charge in [-0.05, 0) is 25.2 Å². The largest absolute Gasteiger partial charge is 0.388 e. The molecule has 0 spiro atoms. The highest BCUT2D eigenvalue weighted by molar-refractivity contribution is 5.76. The lowest BCUT2D eigenvalue weighted by molar-refractivity contribution is -0.136. The summed E-state index contributed by atoms with van der Waals surface area (Å²) in [4.78, 5) is 18.1. The lowest BCUT2D eigenvalue weighted by atomic mass is 9.90. The van der Waals surface area contributed by atoms with E-state index in [0.717, 1.165) is 13.0 Å². The molecule has 1 atom stereocenters. The number of carbonyl (C=O) groups is 1. The van der Waals surface area contributed by atoms with Gasteiger partial charge >= 0.3 is 0 Å². The number of aromatic nitrogens is 2. The van der Waals surface area contributed by atoms with Gasteiger partial charge in [0.1, 0.15) is 0 Å². The molecule has 6 nitrogen and oxygen atoms in total. The van der Waals surface area contributed by atoms with Gasteiger partial charge in [-0.2, -0.15) is 0 Å². The van der Waals surface area contributed by atoms with E-state index in [1.807, 2.05) is 15.7 Å². The van der Waals surface area contributed by atoms with E-state index in [4.69, 9.17) is 4.74 Å². The highest BCUT2D eigenvalue weighted by atomic mass is 16.5. The minimum Gasteiger partial charge on any atom is -0.388 e. The van der Waals surface area contributed by atoms with Crippen LogP contribution in [-0.4, -0.2) is 57.4 Å². The molecule has 2 aliphatic rings. The van der Waals surface area contributed by atoms with Crippen molar-refractivity contribution in [3.8, 4) is 0 Å². The summed E-state index contributed by atoms with van der Waals surface area (Å²) < 4.78 is 7.21. The molecule has 0 saturated carbocycles. The van der Waals surface area contributed by atoms with Gasteiger partial charge in [-0.3, -0.25) is 4.79 Å². The highest BCUT2D eigenvalue weighted by Gasteiger charge is 2.34. The number of rotatable bonds is 4. The Morgan fingerprint density at radius 1 is 1.43 bits per heavy atom. The molecule has 2 fully saturated rings. The van der Waals surface area contributed by atoms with Crippen molar-refractivity contribution in [2.45, 2.75) is 37.8 Å². The van der Waals surface area contributed by atoms with E-state index in [2.05, 4.69) is 4.98 Å². The summed E-state index contributed by atoms with van der Waals surface area (Å²) in [5, 5.41) is 10.6. The molecule has 0 radical (unpaired) electrons. The van der Waals surface area contributed by atoms with E-state index in [9.17, 15) is 9.90 Å². The van der Waals surface area contributed by atoms with Gasteiger partial charge in [-0.15, -0.1) is 0 Å². The van der Waals surface area contributed by atoms with Crippen LogP contribution in [0.1, 0.15) is 25.7 Å². The van der Waals surface area contributed by atoms with Crippen LogP contribution in [0.2, 0.25) is 0 Å². The summed E-state index contributed by atoms with van der Waals surface area (Å²) in [6, 6.07) is 0. The smallest absolute Gasteiger partial charge is 0.222 e. The van der Waals surface area contributed by atoms with Gasteiger partial charge in [-0.1, -0.05) is 0 Å². The lowest BCUT2D eigenvalue weighted by Crippen LogP contribution is -2.48. The van der Waals surface area contributed by atoms with E-state index in [0.29, 0.717) is 51.4 Å². The fourth-order valence-corrected chi connectivity index (χ4v) is 3.17. The molecular weight excluding hydrogens is 270 g/mol. The highest BCUT2D eigenvalue weighted by Crippen LogP contribution is 2.26. The van der Waals surface area contributed by atoms with Crippen molar-refractivity contribution in [2.24, 2.45) is 5.92 Å². The first-order chi connectivity index (χ1) is 10.1. The van der Waals surface area contributed by atoms with Crippen molar-refractivity contribution in [1.82, 2.24) is 14.5 Å². The molecule has 2 aliphatic heterocycles. The Balaban J connectivity index is 1.48. The second kappa shape index (κ2) is 6.15. The summed E-state index contributed by atoms with van der Waals surface area (Å²) in [6.07, 6.45) is 8.11. The number of likely N-dealkylation sites (tertiary alicyclic amines) is 1. The Morgan fingerprint density at radius 2 is 2.24 bits per heavy atom. The van der Waals surface area contributed by atoms with Gasteiger partial charge in [0.05, 0.1) is 18.5 Å². The molecule has 2 saturated heterocycles. The van der Waals surface area contributed by atoms with Crippen LogP contribution in [-0.2, 0) is 16.1 Å². The summed E-state index contributed by atoms with van der Waals surface area (Å²) >= 11 is 0. The number of amides is 1. The molecule has 1 aromatic heterocycles. The first-order valence-electron chi connectivity index (χ1n) is 7.68. The molecule has 0 aromatic carbocycles. The Hall–Kier alpha value is -1.40. The molecule has 3 rings (SSSR count). The van der Waals surface area contributed by atoms with Gasteiger partial charge in [0.25, 0.3) is 0 Å². The van der Waals surface area contributed by atoms with E-state index < -0.39 is 5.60 Å². The lowest BCUT2D eigenvalue weighted by Gasteiger charge is -2.38. The van der Waals surface area contributed by atoms with Crippen LogP contribution in [0, 0.1) is 5.92 Å². The predicted octanol–water partition coefficient (Wildman–Crippen LogP) is 0.663. The van der Waals surface area contributed by atoms with E-state index in [1.54, 1.807) is 12.5 Å². The molecule has 1 N–H and O–H groups in total. The summed E-state index contributed by atoms with van der Waals surface area (Å²) in [5.41, 5.74) is -0.728. The van der Waals surface area contributed by atoms with E-state index in [1.165, 1.54) is 0 Å². The SMILES string of the molecule is O=C(C[C@H]1CCOC1)N1CCC(O)(Cn2ccnc2)CC1. The van der Waals surface area contributed by atoms with Crippen LogP contribution in [0.5, 0.6) is 0 Å². The fourth-order valence-electron chi connectivity index (χ4n) is 3.17. The third kappa shape index (κ3) is 3.63. The molecule has 116 valence electrons. The van der Waals surface area contributed by atoms with Crippen LogP contribution < -0.4 is 0 Å². The standard InChI is InChI=1S/C15H23N3O3/c19-14(9-13-1-8-21-10-13)18-5-2-15(20,3-6-18)11-17-7-4-16-12-17/h4,7,12-13,20H,1-3,5-6,8-11H2/t13-/m1/s1. The number of hydrogen-bond donors (Lipinski definition) is 1. The first kappa shape index (κ1) is 14.5. The number of imidazole rings is 1. The Labute approximate surface area is 124 Å². The van der Waals surface area contributed by atoms with E-state index in [-0.39, 0.29) is 5.91 Å². The molecule has 1 amide bonds. The number of hydrogen-bond acceptors (Lipinski definition) is 4. The molecular formula is C15H23N3O3. The average molecular weight is 293 g/mol. The van der Waals surface area contributed by atoms with Gasteiger partial charge in [0.2, 0.25) is 5.91 Å². The van der Waals surface area contributed by atoms with Crippen molar-refractivity contribution in [3.05, 3.63) is 18.7 Å². The minimum absolute atomic E-state index is 0.204. The number of nitrogens with zero attached hydrogens (tertiary/aromatic N) is 3. The number of ether oxygens (including phenoxy) is 1. The Kier molecular flexibility index (Phi) is 4.26. The van der Waals surface area contributed by atoms with Crippen molar-refractivity contribution in [2.75, 3.05) is 26.3 Å². The van der Waals surface area contributed by atoms with Crippen molar-refractivity contribution in [3.63, 3.8) is 0 Å². The monoisotopic (exact) mass is 293 g/mol. The van der Waals surface area contributed by atoms with Gasteiger partial charge in [0.15, 0.2) is 0 Å². The van der Waals surface area contributed by atoms with Crippen LogP contribution in [0.3, 0.4) is 0 Å². The zero-order chi connectivity index (χ0) is 14.7. The van der Waals surface area contributed by atoms with Crippen LogP contribution in [0.4, 0.5) is 0 Å². The quantitative estimate of drug-likeness (QED) is 0.885. The summed E-state index contributed by atoms with van der Waals surface area (Å²) in [7, 11) is 0. The molecule has 3 heterocycles. The Bertz CT molecular complexity index is 461.